The smallest absolute Gasteiger partial charge is 0.337 e. The van der Waals surface area contributed by atoms with Gasteiger partial charge in [0.1, 0.15) is 5.82 Å². The van der Waals surface area contributed by atoms with Crippen LogP contribution in [-0.2, 0) is 10.2 Å². The lowest BCUT2D eigenvalue weighted by Gasteiger charge is -2.14. The van der Waals surface area contributed by atoms with Gasteiger partial charge in [0, 0.05) is 22.7 Å². The number of carbonyl (C=O) groups is 1. The van der Waals surface area contributed by atoms with Gasteiger partial charge in [0.15, 0.2) is 17.3 Å². The highest BCUT2D eigenvalue weighted by Crippen LogP contribution is 2.35. The summed E-state index contributed by atoms with van der Waals surface area (Å²) in [5.41, 5.74) is 3.62. The number of nitrogens with zero attached hydrogens (tertiary/aromatic N) is 3. The molecule has 2 heterocycles. The van der Waals surface area contributed by atoms with Crippen molar-refractivity contribution in [2.75, 3.05) is 21.3 Å². The van der Waals surface area contributed by atoms with Gasteiger partial charge in [-0.15, -0.1) is 0 Å². The van der Waals surface area contributed by atoms with Crippen LogP contribution in [0.15, 0.2) is 42.5 Å². The lowest BCUT2D eigenvalue weighted by Crippen LogP contribution is -2.11. The van der Waals surface area contributed by atoms with E-state index < -0.39 is 5.97 Å². The Morgan fingerprint density at radius 3 is 2.34 bits per heavy atom. The van der Waals surface area contributed by atoms with Crippen molar-refractivity contribution in [3.63, 3.8) is 0 Å². The number of nitrogens with one attached hydrogen (secondary N) is 1. The molecule has 0 radical (unpaired) electrons. The molecule has 0 amide bonds. The third-order valence-electron chi connectivity index (χ3n) is 5.32. The first-order chi connectivity index (χ1) is 15.3. The third kappa shape index (κ3) is 3.68. The van der Waals surface area contributed by atoms with Gasteiger partial charge in [-0.3, -0.25) is 9.67 Å². The molecule has 8 heteroatoms. The second-order valence-corrected chi connectivity index (χ2v) is 8.43. The molecular formula is C24H26N4O4. The Labute approximate surface area is 186 Å². The van der Waals surface area contributed by atoms with Gasteiger partial charge in [0.2, 0.25) is 0 Å². The average molecular weight is 434 g/mol. The molecule has 0 saturated heterocycles. The molecule has 4 aromatic rings. The first-order valence-corrected chi connectivity index (χ1v) is 10.2. The Morgan fingerprint density at radius 2 is 1.72 bits per heavy atom. The van der Waals surface area contributed by atoms with E-state index in [0.717, 1.165) is 16.8 Å². The number of ether oxygens (including phenoxy) is 3. The fourth-order valence-corrected chi connectivity index (χ4v) is 3.54. The summed E-state index contributed by atoms with van der Waals surface area (Å²) in [6, 6.07) is 12.9. The Morgan fingerprint density at radius 1 is 0.969 bits per heavy atom. The van der Waals surface area contributed by atoms with E-state index in [1.165, 1.54) is 7.11 Å². The van der Waals surface area contributed by atoms with Crippen molar-refractivity contribution in [3.05, 3.63) is 53.7 Å². The Hall–Kier alpha value is -3.81. The lowest BCUT2D eigenvalue weighted by molar-refractivity contribution is 0.0601. The van der Waals surface area contributed by atoms with Gasteiger partial charge in [0.05, 0.1) is 37.9 Å². The number of carbonyl (C=O) groups excluding carboxylic acids is 1. The molecule has 0 unspecified atom stereocenters. The van der Waals surface area contributed by atoms with Gasteiger partial charge in [-0.2, -0.15) is 5.10 Å². The van der Waals surface area contributed by atoms with E-state index in [0.29, 0.717) is 34.2 Å². The predicted octanol–water partition coefficient (Wildman–Crippen LogP) is 4.52. The van der Waals surface area contributed by atoms with Crippen LogP contribution in [0.2, 0.25) is 0 Å². The summed E-state index contributed by atoms with van der Waals surface area (Å²) in [5, 5.41) is 7.70. The lowest BCUT2D eigenvalue weighted by atomic mass is 9.92. The van der Waals surface area contributed by atoms with Gasteiger partial charge in [-0.05, 0) is 36.4 Å². The van der Waals surface area contributed by atoms with Crippen LogP contribution in [0.3, 0.4) is 0 Å². The maximum atomic E-state index is 12.1. The maximum Gasteiger partial charge on any atom is 0.337 e. The molecule has 0 aliphatic rings. The maximum absolute atomic E-state index is 12.1. The molecule has 0 saturated carbocycles. The van der Waals surface area contributed by atoms with E-state index >= 15 is 0 Å². The van der Waals surface area contributed by atoms with Crippen molar-refractivity contribution in [1.82, 2.24) is 19.7 Å². The van der Waals surface area contributed by atoms with Crippen LogP contribution in [0.5, 0.6) is 11.5 Å². The monoisotopic (exact) mass is 434 g/mol. The fraction of sp³-hybridized carbons (Fsp3) is 0.292. The topological polar surface area (TPSA) is 91.3 Å². The molecule has 2 aromatic carbocycles. The van der Waals surface area contributed by atoms with Gasteiger partial charge < -0.3 is 14.2 Å². The summed E-state index contributed by atoms with van der Waals surface area (Å²) >= 11 is 0. The quantitative estimate of drug-likeness (QED) is 0.465. The Kier molecular flexibility index (Phi) is 5.38. The van der Waals surface area contributed by atoms with Gasteiger partial charge in [-0.25, -0.2) is 9.78 Å². The number of rotatable bonds is 5. The molecule has 0 spiro atoms. The number of hydrogen-bond donors (Lipinski definition) is 1. The Bertz CT molecular complexity index is 1300. The SMILES string of the molecule is COC(=O)c1ccc2c(c1)nc(-c1ccc(OC)c(OC)c1)n2-c1cc(C(C)(C)C)[nH]n1. The fourth-order valence-electron chi connectivity index (χ4n) is 3.54. The highest BCUT2D eigenvalue weighted by atomic mass is 16.5. The normalized spacial score (nSPS) is 11.6. The highest BCUT2D eigenvalue weighted by Gasteiger charge is 2.22. The molecule has 0 aliphatic carbocycles. The molecule has 0 bridgehead atoms. The van der Waals surface area contributed by atoms with Crippen LogP contribution in [0.25, 0.3) is 28.2 Å². The number of esters is 1. The number of H-pyrrole nitrogens is 1. The van der Waals surface area contributed by atoms with Crippen LogP contribution in [0.1, 0.15) is 36.8 Å². The van der Waals surface area contributed by atoms with Crippen molar-refractivity contribution in [3.8, 4) is 28.7 Å². The molecule has 0 atom stereocenters. The van der Waals surface area contributed by atoms with Gasteiger partial charge in [-0.1, -0.05) is 20.8 Å². The number of methoxy groups -OCH3 is 3. The van der Waals surface area contributed by atoms with E-state index in [2.05, 4.69) is 31.0 Å². The molecule has 0 fully saturated rings. The standard InChI is InChI=1S/C24H26N4O4/c1-24(2,3)20-13-21(27-26-20)28-17-9-7-15(23(29)32-6)11-16(17)25-22(28)14-8-10-18(30-4)19(12-14)31-5/h7-13H,1-6H3,(H,26,27). The zero-order valence-electron chi connectivity index (χ0n) is 19.0. The number of hydrogen-bond acceptors (Lipinski definition) is 6. The largest absolute Gasteiger partial charge is 0.493 e. The van der Waals surface area contributed by atoms with E-state index in [1.54, 1.807) is 26.4 Å². The second-order valence-electron chi connectivity index (χ2n) is 8.43. The van der Waals surface area contributed by atoms with Crippen LogP contribution < -0.4 is 9.47 Å². The Balaban J connectivity index is 1.97. The third-order valence-corrected chi connectivity index (χ3v) is 5.32. The second kappa shape index (κ2) is 8.03. The summed E-state index contributed by atoms with van der Waals surface area (Å²) in [4.78, 5) is 16.9. The summed E-state index contributed by atoms with van der Waals surface area (Å²) in [7, 11) is 4.55. The van der Waals surface area contributed by atoms with Crippen LogP contribution in [0.4, 0.5) is 0 Å². The minimum Gasteiger partial charge on any atom is -0.493 e. The zero-order chi connectivity index (χ0) is 23.0. The number of aromatic nitrogens is 4. The van der Waals surface area contributed by atoms with Gasteiger partial charge in [0.25, 0.3) is 0 Å². The minimum absolute atomic E-state index is 0.0941. The summed E-state index contributed by atoms with van der Waals surface area (Å²) in [6.07, 6.45) is 0. The van der Waals surface area contributed by atoms with Crippen molar-refractivity contribution >= 4 is 17.0 Å². The predicted molar refractivity (Wildman–Crippen MR) is 122 cm³/mol. The number of fused-ring (bicyclic) bond motifs is 1. The molecular weight excluding hydrogens is 408 g/mol. The van der Waals surface area contributed by atoms with E-state index in [9.17, 15) is 4.79 Å². The molecule has 0 aliphatic heterocycles. The summed E-state index contributed by atoms with van der Waals surface area (Å²) < 4.78 is 17.7. The molecule has 2 aromatic heterocycles. The molecule has 1 N–H and O–H groups in total. The highest BCUT2D eigenvalue weighted by molar-refractivity contribution is 5.95. The van der Waals surface area contributed by atoms with Crippen molar-refractivity contribution in [1.29, 1.82) is 0 Å². The number of imidazole rings is 1. The zero-order valence-corrected chi connectivity index (χ0v) is 19.0. The molecule has 4 rings (SSSR count). The van der Waals surface area contributed by atoms with E-state index in [-0.39, 0.29) is 5.41 Å². The average Bonchev–Trinajstić information content (AvgIpc) is 3.42. The van der Waals surface area contributed by atoms with E-state index in [1.807, 2.05) is 34.9 Å². The number of benzene rings is 2. The van der Waals surface area contributed by atoms with Crippen molar-refractivity contribution < 1.29 is 19.0 Å². The van der Waals surface area contributed by atoms with Crippen molar-refractivity contribution in [2.45, 2.75) is 26.2 Å². The first-order valence-electron chi connectivity index (χ1n) is 10.2. The van der Waals surface area contributed by atoms with Crippen LogP contribution in [0, 0.1) is 0 Å². The summed E-state index contributed by atoms with van der Waals surface area (Å²) in [5.74, 6) is 2.17. The van der Waals surface area contributed by atoms with Crippen LogP contribution in [-0.4, -0.2) is 47.0 Å². The van der Waals surface area contributed by atoms with Crippen LogP contribution >= 0.6 is 0 Å². The molecule has 8 nitrogen and oxygen atoms in total. The van der Waals surface area contributed by atoms with E-state index in [4.69, 9.17) is 19.2 Å². The molecule has 32 heavy (non-hydrogen) atoms. The van der Waals surface area contributed by atoms with Crippen molar-refractivity contribution in [2.24, 2.45) is 0 Å². The van der Waals surface area contributed by atoms with Gasteiger partial charge >= 0.3 is 5.97 Å². The summed E-state index contributed by atoms with van der Waals surface area (Å²) in [6.45, 7) is 6.36. The number of aromatic amines is 1. The molecule has 166 valence electrons. The minimum atomic E-state index is -0.413. The first kappa shape index (κ1) is 21.4.